The Balaban J connectivity index is 1.47. The molecule has 3 aliphatic rings. The van der Waals surface area contributed by atoms with Gasteiger partial charge < -0.3 is 15.1 Å². The lowest BCUT2D eigenvalue weighted by Crippen LogP contribution is -2.33. The molecule has 2 aromatic carbocycles. The summed E-state index contributed by atoms with van der Waals surface area (Å²) in [6, 6.07) is 14.7. The lowest BCUT2D eigenvalue weighted by molar-refractivity contribution is -0.140. The van der Waals surface area contributed by atoms with Gasteiger partial charge in [-0.1, -0.05) is 48.6 Å². The molecule has 2 N–H and O–H groups in total. The van der Waals surface area contributed by atoms with E-state index < -0.39 is 12.5 Å². The predicted octanol–water partition coefficient (Wildman–Crippen LogP) is 4.25. The predicted molar refractivity (Wildman–Crippen MR) is 129 cm³/mol. The zero-order chi connectivity index (χ0) is 22.4. The second-order valence-corrected chi connectivity index (χ2v) is 9.95. The van der Waals surface area contributed by atoms with Crippen LogP contribution < -0.4 is 4.90 Å². The minimum absolute atomic E-state index is 0.0327. The number of nitrogens with zero attached hydrogens (tertiary/aromatic N) is 2. The first-order chi connectivity index (χ1) is 15.5. The number of thioether (sulfide) groups is 1. The van der Waals surface area contributed by atoms with Crippen LogP contribution in [0.25, 0.3) is 6.08 Å². The van der Waals surface area contributed by atoms with Crippen LogP contribution in [0, 0.1) is 0 Å². The Hall–Kier alpha value is -2.68. The zero-order valence-corrected chi connectivity index (χ0v) is 18.9. The van der Waals surface area contributed by atoms with E-state index in [9.17, 15) is 14.7 Å². The van der Waals surface area contributed by atoms with Gasteiger partial charge in [-0.15, -0.1) is 0 Å². The number of carboxylic acid groups (broad SMARTS) is 1. The van der Waals surface area contributed by atoms with Crippen LogP contribution in [0.2, 0.25) is 0 Å². The maximum Gasteiger partial charge on any atom is 0.323 e. The van der Waals surface area contributed by atoms with Crippen LogP contribution in [0.5, 0.6) is 0 Å². The van der Waals surface area contributed by atoms with Crippen LogP contribution in [0.3, 0.4) is 0 Å². The highest BCUT2D eigenvalue weighted by Gasteiger charge is 2.42. The van der Waals surface area contributed by atoms with Gasteiger partial charge in [0.15, 0.2) is 0 Å². The van der Waals surface area contributed by atoms with Crippen LogP contribution in [-0.4, -0.2) is 43.9 Å². The lowest BCUT2D eigenvalue weighted by Gasteiger charge is -2.27. The maximum atomic E-state index is 12.6. The van der Waals surface area contributed by atoms with Gasteiger partial charge in [0.1, 0.15) is 10.9 Å². The van der Waals surface area contributed by atoms with Crippen molar-refractivity contribution in [3.8, 4) is 0 Å². The summed E-state index contributed by atoms with van der Waals surface area (Å²) in [5, 5.41) is 18.4. The minimum Gasteiger partial charge on any atom is -0.480 e. The number of benzene rings is 2. The van der Waals surface area contributed by atoms with Crippen LogP contribution in [-0.2, 0) is 16.2 Å². The summed E-state index contributed by atoms with van der Waals surface area (Å²) in [7, 11) is 0. The molecule has 0 aromatic heterocycles. The van der Waals surface area contributed by atoms with Gasteiger partial charge in [-0.05, 0) is 59.9 Å². The first kappa shape index (κ1) is 21.2. The van der Waals surface area contributed by atoms with Crippen molar-refractivity contribution in [2.24, 2.45) is 0 Å². The Morgan fingerprint density at radius 1 is 1.19 bits per heavy atom. The number of aliphatic hydroxyl groups excluding tert-OH is 1. The summed E-state index contributed by atoms with van der Waals surface area (Å²) in [5.41, 5.74) is 5.41. The summed E-state index contributed by atoms with van der Waals surface area (Å²) in [4.78, 5) is 27.6. The Bertz CT molecular complexity index is 1150. The third-order valence-corrected chi connectivity index (χ3v) is 7.76. The van der Waals surface area contributed by atoms with Gasteiger partial charge in [0.2, 0.25) is 0 Å². The van der Waals surface area contributed by atoms with Gasteiger partial charge in [-0.2, -0.15) is 0 Å². The number of thiocarbonyl (C=S) groups is 1. The smallest absolute Gasteiger partial charge is 0.323 e. The molecular formula is C24H22N2O4S2. The van der Waals surface area contributed by atoms with Crippen LogP contribution in [0.1, 0.15) is 41.9 Å². The number of rotatable bonds is 5. The number of anilines is 2. The van der Waals surface area contributed by atoms with Crippen LogP contribution in [0.15, 0.2) is 47.4 Å². The molecule has 2 atom stereocenters. The van der Waals surface area contributed by atoms with Crippen molar-refractivity contribution in [3.63, 3.8) is 0 Å². The highest BCUT2D eigenvalue weighted by molar-refractivity contribution is 8.26. The number of fused-ring (bicyclic) bond motifs is 3. The van der Waals surface area contributed by atoms with E-state index in [-0.39, 0.29) is 16.8 Å². The highest BCUT2D eigenvalue weighted by atomic mass is 32.2. The Labute approximate surface area is 195 Å². The van der Waals surface area contributed by atoms with E-state index in [4.69, 9.17) is 17.3 Å². The fourth-order valence-corrected chi connectivity index (χ4v) is 6.24. The summed E-state index contributed by atoms with van der Waals surface area (Å²) in [6.07, 6.45) is 5.25. The molecule has 1 amide bonds. The van der Waals surface area contributed by atoms with Crippen molar-refractivity contribution in [2.75, 3.05) is 11.4 Å². The van der Waals surface area contributed by atoms with Crippen molar-refractivity contribution >= 4 is 57.6 Å². The highest BCUT2D eigenvalue weighted by Crippen LogP contribution is 2.52. The van der Waals surface area contributed by atoms with E-state index in [1.165, 1.54) is 17.7 Å². The number of carboxylic acids is 1. The number of aliphatic hydroxyl groups is 1. The molecular weight excluding hydrogens is 444 g/mol. The molecule has 6 nitrogen and oxygen atoms in total. The molecule has 164 valence electrons. The standard InChI is InChI=1S/C24H22N2O4S2/c27-13-14-4-7-16(8-5-14)26-19-3-1-2-17(19)18-10-15(6-9-20(18)26)11-21-23(30)25(12-22(28)29)24(31)32-21/h4-11,17,19,27H,1-3,12-13H2,(H,28,29)/b21-11+. The average molecular weight is 467 g/mol. The largest absolute Gasteiger partial charge is 0.480 e. The minimum atomic E-state index is -1.08. The Morgan fingerprint density at radius 2 is 1.97 bits per heavy atom. The molecule has 2 fully saturated rings. The zero-order valence-electron chi connectivity index (χ0n) is 17.2. The maximum absolute atomic E-state index is 12.6. The van der Waals surface area contributed by atoms with E-state index in [1.54, 1.807) is 0 Å². The molecule has 8 heteroatoms. The average Bonchev–Trinajstić information content (AvgIpc) is 3.44. The number of carbonyl (C=O) groups excluding carboxylic acids is 1. The Morgan fingerprint density at radius 3 is 2.69 bits per heavy atom. The molecule has 1 saturated heterocycles. The molecule has 0 spiro atoms. The number of aliphatic carboxylic acids is 1. The van der Waals surface area contributed by atoms with Crippen molar-refractivity contribution in [1.29, 1.82) is 0 Å². The van der Waals surface area contributed by atoms with Gasteiger partial charge >= 0.3 is 5.97 Å². The van der Waals surface area contributed by atoms with E-state index in [0.29, 0.717) is 16.9 Å². The normalized spacial score (nSPS) is 23.2. The van der Waals surface area contributed by atoms with Crippen molar-refractivity contribution in [3.05, 3.63) is 64.1 Å². The molecule has 0 radical (unpaired) electrons. The van der Waals surface area contributed by atoms with Gasteiger partial charge in [0.25, 0.3) is 5.91 Å². The molecule has 0 bridgehead atoms. The monoisotopic (exact) mass is 466 g/mol. The molecule has 2 unspecified atom stereocenters. The first-order valence-corrected chi connectivity index (χ1v) is 11.8. The third kappa shape index (κ3) is 3.62. The summed E-state index contributed by atoms with van der Waals surface area (Å²) in [5.74, 6) is -0.996. The first-order valence-electron chi connectivity index (χ1n) is 10.6. The van der Waals surface area contributed by atoms with Crippen molar-refractivity contribution in [2.45, 2.75) is 37.8 Å². The second kappa shape index (κ2) is 8.35. The SMILES string of the molecule is O=C(O)CN1C(=O)/C(=C\c2ccc3c(c2)C2CCCC2N3c2ccc(CO)cc2)SC1=S. The van der Waals surface area contributed by atoms with E-state index in [1.807, 2.05) is 24.3 Å². The second-order valence-electron chi connectivity index (χ2n) is 8.28. The Kier molecular flexibility index (Phi) is 5.53. The number of amides is 1. The third-order valence-electron chi connectivity index (χ3n) is 6.38. The van der Waals surface area contributed by atoms with Gasteiger partial charge in [-0.3, -0.25) is 14.5 Å². The topological polar surface area (TPSA) is 81.1 Å². The van der Waals surface area contributed by atoms with Crippen LogP contribution >= 0.6 is 24.0 Å². The van der Waals surface area contributed by atoms with Gasteiger partial charge in [-0.25, -0.2) is 0 Å². The summed E-state index contributed by atoms with van der Waals surface area (Å²) < 4.78 is 0.276. The molecule has 2 aromatic rings. The molecule has 5 rings (SSSR count). The van der Waals surface area contributed by atoms with Gasteiger partial charge in [0, 0.05) is 23.3 Å². The quantitative estimate of drug-likeness (QED) is 0.504. The van der Waals surface area contributed by atoms with Crippen molar-refractivity contribution < 1.29 is 19.8 Å². The van der Waals surface area contributed by atoms with Gasteiger partial charge in [0.05, 0.1) is 11.5 Å². The number of hydrogen-bond donors (Lipinski definition) is 2. The number of hydrogen-bond acceptors (Lipinski definition) is 6. The fraction of sp³-hybridized carbons (Fsp3) is 0.292. The lowest BCUT2D eigenvalue weighted by atomic mass is 9.96. The summed E-state index contributed by atoms with van der Waals surface area (Å²) in [6.45, 7) is -0.384. The summed E-state index contributed by atoms with van der Waals surface area (Å²) >= 11 is 6.35. The van der Waals surface area contributed by atoms with E-state index >= 15 is 0 Å². The van der Waals surface area contributed by atoms with Crippen molar-refractivity contribution in [1.82, 2.24) is 4.90 Å². The number of carbonyl (C=O) groups is 2. The van der Waals surface area contributed by atoms with E-state index in [0.717, 1.165) is 46.3 Å². The molecule has 2 heterocycles. The molecule has 32 heavy (non-hydrogen) atoms. The van der Waals surface area contributed by atoms with Crippen LogP contribution in [0.4, 0.5) is 11.4 Å². The molecule has 1 aliphatic carbocycles. The molecule has 1 saturated carbocycles. The van der Waals surface area contributed by atoms with E-state index in [2.05, 4.69) is 29.2 Å². The fourth-order valence-electron chi connectivity index (χ4n) is 4.99. The molecule has 2 aliphatic heterocycles.